The Bertz CT molecular complexity index is 1220. The van der Waals surface area contributed by atoms with Gasteiger partial charge >= 0.3 is 0 Å². The molecule has 0 atom stereocenters. The summed E-state index contributed by atoms with van der Waals surface area (Å²) >= 11 is 5.90. The van der Waals surface area contributed by atoms with E-state index in [1.165, 1.54) is 0 Å². The van der Waals surface area contributed by atoms with Gasteiger partial charge in [-0.15, -0.1) is 0 Å². The highest BCUT2D eigenvalue weighted by Crippen LogP contribution is 2.33. The first-order valence-corrected chi connectivity index (χ1v) is 9.26. The first kappa shape index (κ1) is 18.8. The molecule has 0 saturated carbocycles. The van der Waals surface area contributed by atoms with Crippen LogP contribution in [0.5, 0.6) is 0 Å². The second kappa shape index (κ2) is 7.46. The van der Waals surface area contributed by atoms with Crippen molar-refractivity contribution in [2.45, 2.75) is 6.54 Å². The van der Waals surface area contributed by atoms with Crippen molar-refractivity contribution in [3.05, 3.63) is 71.0 Å². The molecule has 8 N–H and O–H groups in total. The molecule has 0 saturated heterocycles. The van der Waals surface area contributed by atoms with Gasteiger partial charge in [0, 0.05) is 40.1 Å². The van der Waals surface area contributed by atoms with Crippen molar-refractivity contribution >= 4 is 45.6 Å². The van der Waals surface area contributed by atoms with Gasteiger partial charge in [0.2, 0.25) is 0 Å². The fourth-order valence-corrected chi connectivity index (χ4v) is 3.36. The Morgan fingerprint density at radius 3 is 2.62 bits per heavy atom. The van der Waals surface area contributed by atoms with Gasteiger partial charge in [-0.05, 0) is 53.6 Å². The number of hydrogen-bond acceptors (Lipinski definition) is 5. The highest BCUT2D eigenvalue weighted by molar-refractivity contribution is 6.30. The minimum Gasteiger partial charge on any atom is -0.398 e. The molecule has 29 heavy (non-hydrogen) atoms. The molecule has 0 aliphatic heterocycles. The molecule has 2 aromatic heterocycles. The summed E-state index contributed by atoms with van der Waals surface area (Å²) in [7, 11) is 0. The Morgan fingerprint density at radius 2 is 1.90 bits per heavy atom. The van der Waals surface area contributed by atoms with Crippen LogP contribution in [-0.2, 0) is 6.54 Å². The van der Waals surface area contributed by atoms with Crippen molar-refractivity contribution in [3.63, 3.8) is 0 Å². The lowest BCUT2D eigenvalue weighted by Crippen LogP contribution is -2.16. The molecule has 1 amide bonds. The number of aromatic nitrogens is 2. The molecule has 0 unspecified atom stereocenters. The number of pyridine rings is 1. The number of nitrogens with one attached hydrogen (secondary N) is 2. The average molecular weight is 407 g/mol. The number of H-pyrrole nitrogens is 1. The molecule has 0 spiro atoms. The predicted molar refractivity (Wildman–Crippen MR) is 118 cm³/mol. The molecule has 2 aromatic carbocycles. The third kappa shape index (κ3) is 3.61. The zero-order valence-corrected chi connectivity index (χ0v) is 16.1. The van der Waals surface area contributed by atoms with Gasteiger partial charge in [0.15, 0.2) is 0 Å². The topological polar surface area (TPSA) is 136 Å². The summed E-state index contributed by atoms with van der Waals surface area (Å²) in [6.45, 7) is 0.201. The van der Waals surface area contributed by atoms with Crippen molar-refractivity contribution in [2.24, 2.45) is 5.73 Å². The molecule has 0 radical (unpaired) electrons. The van der Waals surface area contributed by atoms with Gasteiger partial charge in [-0.2, -0.15) is 0 Å². The molecule has 2 heterocycles. The summed E-state index contributed by atoms with van der Waals surface area (Å²) in [5.41, 5.74) is 22.5. The number of carbonyl (C=O) groups is 1. The number of amides is 1. The van der Waals surface area contributed by atoms with Gasteiger partial charge < -0.3 is 27.5 Å². The minimum absolute atomic E-state index is 0.201. The maximum Gasteiger partial charge on any atom is 0.257 e. The number of hydrogen-bond donors (Lipinski definition) is 5. The molecule has 0 fully saturated rings. The van der Waals surface area contributed by atoms with Crippen LogP contribution in [0.15, 0.2) is 54.9 Å². The van der Waals surface area contributed by atoms with Crippen molar-refractivity contribution in [3.8, 4) is 11.1 Å². The monoisotopic (exact) mass is 406 g/mol. The quantitative estimate of drug-likeness (QED) is 0.329. The third-order valence-corrected chi connectivity index (χ3v) is 4.98. The minimum atomic E-state index is -0.331. The highest BCUT2D eigenvalue weighted by Gasteiger charge is 2.17. The number of benzene rings is 2. The van der Waals surface area contributed by atoms with Crippen LogP contribution in [0.4, 0.5) is 17.2 Å². The molecule has 7 nitrogen and oxygen atoms in total. The first-order chi connectivity index (χ1) is 14.0. The number of fused-ring (bicyclic) bond motifs is 1. The summed E-state index contributed by atoms with van der Waals surface area (Å²) in [5, 5.41) is 4.32. The third-order valence-electron chi connectivity index (χ3n) is 4.73. The molecule has 146 valence electrons. The van der Waals surface area contributed by atoms with Crippen LogP contribution < -0.4 is 22.5 Å². The normalized spacial score (nSPS) is 11.0. The number of carbonyl (C=O) groups excluding carboxylic acids is 1. The fourth-order valence-electron chi connectivity index (χ4n) is 3.23. The maximum absolute atomic E-state index is 12.9. The van der Waals surface area contributed by atoms with Crippen molar-refractivity contribution in [1.82, 2.24) is 9.97 Å². The molecule has 4 aromatic rings. The van der Waals surface area contributed by atoms with Crippen LogP contribution in [0.2, 0.25) is 5.02 Å². The van der Waals surface area contributed by atoms with E-state index in [-0.39, 0.29) is 12.5 Å². The SMILES string of the molecule is NCc1cc(-c2c[nH]c3cnc(N)cc23)cc(C(=O)Nc2ccc(Cl)cc2)c1N. The Morgan fingerprint density at radius 1 is 1.14 bits per heavy atom. The van der Waals surface area contributed by atoms with Gasteiger partial charge in [-0.1, -0.05) is 11.6 Å². The number of halogens is 1. The van der Waals surface area contributed by atoms with Crippen LogP contribution >= 0.6 is 11.6 Å². The van der Waals surface area contributed by atoms with Gasteiger partial charge in [0.1, 0.15) is 5.82 Å². The number of nitrogen functional groups attached to an aromatic ring is 2. The lowest BCUT2D eigenvalue weighted by Gasteiger charge is -2.13. The molecule has 8 heteroatoms. The van der Waals surface area contributed by atoms with E-state index in [2.05, 4.69) is 15.3 Å². The summed E-state index contributed by atoms with van der Waals surface area (Å²) in [6.07, 6.45) is 3.52. The fraction of sp³-hybridized carbons (Fsp3) is 0.0476. The van der Waals surface area contributed by atoms with Crippen LogP contribution in [0.3, 0.4) is 0 Å². The summed E-state index contributed by atoms with van der Waals surface area (Å²) in [6, 6.07) is 12.3. The molecule has 4 rings (SSSR count). The lowest BCUT2D eigenvalue weighted by molar-refractivity contribution is 0.102. The van der Waals surface area contributed by atoms with Gasteiger partial charge in [0.25, 0.3) is 5.91 Å². The number of rotatable bonds is 4. The first-order valence-electron chi connectivity index (χ1n) is 8.88. The number of aromatic amines is 1. The van der Waals surface area contributed by atoms with Crippen molar-refractivity contribution in [1.29, 1.82) is 0 Å². The zero-order valence-electron chi connectivity index (χ0n) is 15.4. The highest BCUT2D eigenvalue weighted by atomic mass is 35.5. The Hall–Kier alpha value is -3.55. The van der Waals surface area contributed by atoms with E-state index in [0.717, 1.165) is 22.0 Å². The zero-order chi connectivity index (χ0) is 20.5. The van der Waals surface area contributed by atoms with Crippen LogP contribution in [0, 0.1) is 0 Å². The molecule has 0 aliphatic carbocycles. The maximum atomic E-state index is 12.9. The standard InChI is InChI=1S/C21H19ClN6O/c22-13-1-3-14(4-2-13)28-21(29)16-6-11(5-12(8-23)20(16)25)17-9-26-18-10-27-19(24)7-15(17)18/h1-7,9-10,26H,8,23,25H2,(H2,24,27)(H,28,29). The predicted octanol–water partition coefficient (Wildman–Crippen LogP) is 3.76. The molecular weight excluding hydrogens is 388 g/mol. The Labute approximate surface area is 171 Å². The van der Waals surface area contributed by atoms with E-state index in [1.807, 2.05) is 12.3 Å². The summed E-state index contributed by atoms with van der Waals surface area (Å²) < 4.78 is 0. The van der Waals surface area contributed by atoms with Crippen LogP contribution in [-0.4, -0.2) is 15.9 Å². The van der Waals surface area contributed by atoms with E-state index in [1.54, 1.807) is 42.6 Å². The molecule has 0 aliphatic rings. The van der Waals surface area contributed by atoms with Crippen molar-refractivity contribution < 1.29 is 4.79 Å². The van der Waals surface area contributed by atoms with E-state index in [9.17, 15) is 4.79 Å². The van der Waals surface area contributed by atoms with E-state index in [0.29, 0.717) is 33.3 Å². The lowest BCUT2D eigenvalue weighted by atomic mass is 9.97. The smallest absolute Gasteiger partial charge is 0.257 e. The average Bonchev–Trinajstić information content (AvgIpc) is 3.13. The van der Waals surface area contributed by atoms with Gasteiger partial charge in [-0.3, -0.25) is 4.79 Å². The van der Waals surface area contributed by atoms with E-state index >= 15 is 0 Å². The Balaban J connectivity index is 1.79. The number of nitrogens with two attached hydrogens (primary N) is 3. The van der Waals surface area contributed by atoms with Crippen molar-refractivity contribution in [2.75, 3.05) is 16.8 Å². The summed E-state index contributed by atoms with van der Waals surface area (Å²) in [4.78, 5) is 20.2. The van der Waals surface area contributed by atoms with Gasteiger partial charge in [-0.25, -0.2) is 4.98 Å². The second-order valence-corrected chi connectivity index (χ2v) is 7.06. The van der Waals surface area contributed by atoms with Crippen LogP contribution in [0.25, 0.3) is 22.0 Å². The van der Waals surface area contributed by atoms with Crippen LogP contribution in [0.1, 0.15) is 15.9 Å². The number of nitrogens with zero attached hydrogens (tertiary/aromatic N) is 1. The summed E-state index contributed by atoms with van der Waals surface area (Å²) in [5.74, 6) is 0.0796. The van der Waals surface area contributed by atoms with E-state index in [4.69, 9.17) is 28.8 Å². The van der Waals surface area contributed by atoms with Gasteiger partial charge in [0.05, 0.1) is 17.3 Å². The second-order valence-electron chi connectivity index (χ2n) is 6.62. The molecular formula is C21H19ClN6O. The molecule has 0 bridgehead atoms. The number of anilines is 3. The largest absolute Gasteiger partial charge is 0.398 e. The van der Waals surface area contributed by atoms with E-state index < -0.39 is 0 Å². The Kier molecular flexibility index (Phi) is 4.84.